The Hall–Kier alpha value is -1.80. The van der Waals surface area contributed by atoms with Gasteiger partial charge in [-0.15, -0.1) is 5.10 Å². The maximum absolute atomic E-state index is 13.1. The number of benzene rings is 1. The molecule has 1 fully saturated rings. The van der Waals surface area contributed by atoms with Gasteiger partial charge in [-0.3, -0.25) is 4.79 Å². The minimum absolute atomic E-state index is 0.0988. The van der Waals surface area contributed by atoms with Crippen LogP contribution in [0.1, 0.15) is 38.3 Å². The molecule has 1 saturated carbocycles. The molecule has 7 nitrogen and oxygen atoms in total. The molecule has 0 N–H and O–H groups in total. The number of hydrogen-bond donors (Lipinski definition) is 0. The molecule has 0 aliphatic heterocycles. The number of aromatic nitrogens is 3. The second kappa shape index (κ2) is 6.60. The predicted octanol–water partition coefficient (Wildman–Crippen LogP) is 1.97. The van der Waals surface area contributed by atoms with Crippen molar-refractivity contribution >= 4 is 26.8 Å². The lowest BCUT2D eigenvalue weighted by molar-refractivity contribution is -0.130. The van der Waals surface area contributed by atoms with Crippen LogP contribution in [0.3, 0.4) is 0 Å². The van der Waals surface area contributed by atoms with E-state index in [4.69, 9.17) is 0 Å². The van der Waals surface area contributed by atoms with Gasteiger partial charge in [-0.25, -0.2) is 13.1 Å². The number of sulfonamides is 1. The standard InChI is InChI=1S/C16H22N4O3S/c1-19(24(2,22)23)16(15(21)12-8-4-3-5-9-12)20-14-11-7-6-10-13(14)17-18-20/h6-7,10-12,16H,3-5,8-9H2,1-2H3. The van der Waals surface area contributed by atoms with Crippen molar-refractivity contribution < 1.29 is 13.2 Å². The summed E-state index contributed by atoms with van der Waals surface area (Å²) in [5.41, 5.74) is 1.29. The number of hydrogen-bond acceptors (Lipinski definition) is 5. The summed E-state index contributed by atoms with van der Waals surface area (Å²) in [4.78, 5) is 13.1. The number of para-hydroxylation sites is 1. The molecule has 8 heteroatoms. The van der Waals surface area contributed by atoms with Gasteiger partial charge in [-0.2, -0.15) is 4.31 Å². The summed E-state index contributed by atoms with van der Waals surface area (Å²) in [7, 11) is -2.13. The van der Waals surface area contributed by atoms with E-state index in [0.29, 0.717) is 11.0 Å². The molecule has 130 valence electrons. The fourth-order valence-electron chi connectivity index (χ4n) is 3.30. The van der Waals surface area contributed by atoms with E-state index in [1.165, 1.54) is 11.7 Å². The topological polar surface area (TPSA) is 85.2 Å². The van der Waals surface area contributed by atoms with Gasteiger partial charge >= 0.3 is 0 Å². The van der Waals surface area contributed by atoms with E-state index < -0.39 is 16.2 Å². The van der Waals surface area contributed by atoms with E-state index in [2.05, 4.69) is 10.3 Å². The van der Waals surface area contributed by atoms with Gasteiger partial charge in [0.15, 0.2) is 11.9 Å². The first-order valence-electron chi connectivity index (χ1n) is 8.16. The summed E-state index contributed by atoms with van der Waals surface area (Å²) in [6, 6.07) is 7.25. The lowest BCUT2D eigenvalue weighted by atomic mass is 9.85. The van der Waals surface area contributed by atoms with Crippen molar-refractivity contribution in [3.05, 3.63) is 24.3 Å². The second-order valence-electron chi connectivity index (χ2n) is 6.41. The molecular weight excluding hydrogens is 328 g/mol. The second-order valence-corrected chi connectivity index (χ2v) is 8.45. The van der Waals surface area contributed by atoms with Crippen molar-refractivity contribution in [1.29, 1.82) is 0 Å². The molecule has 1 aromatic carbocycles. The van der Waals surface area contributed by atoms with Gasteiger partial charge in [0.05, 0.1) is 11.8 Å². The highest BCUT2D eigenvalue weighted by atomic mass is 32.2. The number of Topliss-reactive ketones (excluding diaryl/α,β-unsaturated/α-hetero) is 1. The van der Waals surface area contributed by atoms with Crippen molar-refractivity contribution in [3.8, 4) is 0 Å². The van der Waals surface area contributed by atoms with E-state index >= 15 is 0 Å². The summed E-state index contributed by atoms with van der Waals surface area (Å²) >= 11 is 0. The largest absolute Gasteiger partial charge is 0.295 e. The molecule has 1 atom stereocenters. The molecular formula is C16H22N4O3S. The Morgan fingerprint density at radius 1 is 1.25 bits per heavy atom. The van der Waals surface area contributed by atoms with Gasteiger partial charge in [-0.1, -0.05) is 36.6 Å². The molecule has 1 aliphatic carbocycles. The first-order valence-corrected chi connectivity index (χ1v) is 10.0. The number of carbonyl (C=O) groups is 1. The fraction of sp³-hybridized carbons (Fsp3) is 0.562. The van der Waals surface area contributed by atoms with Crippen LogP contribution in [0, 0.1) is 5.92 Å². The van der Waals surface area contributed by atoms with Gasteiger partial charge in [0.1, 0.15) is 5.52 Å². The van der Waals surface area contributed by atoms with E-state index in [1.807, 2.05) is 12.1 Å². The van der Waals surface area contributed by atoms with Crippen LogP contribution < -0.4 is 0 Å². The van der Waals surface area contributed by atoms with Crippen LogP contribution in [0.2, 0.25) is 0 Å². The lowest BCUT2D eigenvalue weighted by Crippen LogP contribution is -2.42. The average Bonchev–Trinajstić information content (AvgIpc) is 2.99. The van der Waals surface area contributed by atoms with Crippen LogP contribution in [0.4, 0.5) is 0 Å². The van der Waals surface area contributed by atoms with E-state index in [0.717, 1.165) is 42.7 Å². The number of carbonyl (C=O) groups excluding carboxylic acids is 1. The van der Waals surface area contributed by atoms with Crippen molar-refractivity contribution in [3.63, 3.8) is 0 Å². The van der Waals surface area contributed by atoms with Gasteiger partial charge in [0, 0.05) is 13.0 Å². The number of nitrogens with zero attached hydrogens (tertiary/aromatic N) is 4. The summed E-state index contributed by atoms with van der Waals surface area (Å²) < 4.78 is 26.7. The van der Waals surface area contributed by atoms with Crippen molar-refractivity contribution in [2.24, 2.45) is 5.92 Å². The number of ketones is 1. The number of likely N-dealkylation sites (N-methyl/N-ethyl adjacent to an activating group) is 1. The highest BCUT2D eigenvalue weighted by Gasteiger charge is 2.37. The van der Waals surface area contributed by atoms with Gasteiger partial charge < -0.3 is 0 Å². The maximum Gasteiger partial charge on any atom is 0.213 e. The van der Waals surface area contributed by atoms with Crippen LogP contribution in [-0.4, -0.2) is 46.8 Å². The first kappa shape index (κ1) is 17.0. The fourth-order valence-corrected chi connectivity index (χ4v) is 3.86. The monoisotopic (exact) mass is 350 g/mol. The zero-order valence-electron chi connectivity index (χ0n) is 13.9. The molecule has 0 bridgehead atoms. The molecule has 1 heterocycles. The third-order valence-corrected chi connectivity index (χ3v) is 5.98. The summed E-state index contributed by atoms with van der Waals surface area (Å²) in [5, 5.41) is 8.16. The Morgan fingerprint density at radius 3 is 2.58 bits per heavy atom. The summed E-state index contributed by atoms with van der Waals surface area (Å²) in [6.07, 6.45) is 4.86. The average molecular weight is 350 g/mol. The van der Waals surface area contributed by atoms with Gasteiger partial charge in [-0.05, 0) is 25.0 Å². The van der Waals surface area contributed by atoms with E-state index in [9.17, 15) is 13.2 Å². The minimum atomic E-state index is -3.56. The Balaban J connectivity index is 2.06. The Kier molecular flexibility index (Phi) is 4.69. The van der Waals surface area contributed by atoms with E-state index in [1.54, 1.807) is 12.1 Å². The molecule has 2 aromatic rings. The van der Waals surface area contributed by atoms with Crippen LogP contribution in [0.25, 0.3) is 11.0 Å². The van der Waals surface area contributed by atoms with E-state index in [-0.39, 0.29) is 11.7 Å². The van der Waals surface area contributed by atoms with Crippen LogP contribution >= 0.6 is 0 Å². The molecule has 0 spiro atoms. The van der Waals surface area contributed by atoms with Crippen molar-refractivity contribution in [2.75, 3.05) is 13.3 Å². The lowest BCUT2D eigenvalue weighted by Gasteiger charge is -2.30. The molecule has 1 aliphatic rings. The van der Waals surface area contributed by atoms with Crippen molar-refractivity contribution in [1.82, 2.24) is 19.3 Å². The van der Waals surface area contributed by atoms with Crippen molar-refractivity contribution in [2.45, 2.75) is 38.3 Å². The minimum Gasteiger partial charge on any atom is -0.295 e. The smallest absolute Gasteiger partial charge is 0.213 e. The summed E-state index contributed by atoms with van der Waals surface area (Å²) in [6.45, 7) is 0. The molecule has 3 rings (SSSR count). The molecule has 0 saturated heterocycles. The molecule has 0 amide bonds. The quantitative estimate of drug-likeness (QED) is 0.823. The Morgan fingerprint density at radius 2 is 1.92 bits per heavy atom. The van der Waals surface area contributed by atoms with Crippen LogP contribution in [-0.2, 0) is 14.8 Å². The molecule has 24 heavy (non-hydrogen) atoms. The van der Waals surface area contributed by atoms with Crippen LogP contribution in [0.5, 0.6) is 0 Å². The highest BCUT2D eigenvalue weighted by Crippen LogP contribution is 2.31. The maximum atomic E-state index is 13.1. The molecule has 1 unspecified atom stereocenters. The number of rotatable bonds is 5. The first-order chi connectivity index (χ1) is 11.4. The normalized spacial score (nSPS) is 18.1. The third kappa shape index (κ3) is 3.21. The zero-order chi connectivity index (χ0) is 17.3. The van der Waals surface area contributed by atoms with Crippen LogP contribution in [0.15, 0.2) is 24.3 Å². The zero-order valence-corrected chi connectivity index (χ0v) is 14.7. The number of fused-ring (bicyclic) bond motifs is 1. The molecule has 0 radical (unpaired) electrons. The third-order valence-electron chi connectivity index (χ3n) is 4.74. The SMILES string of the molecule is CN(C(C(=O)C1CCCCC1)n1nnc2ccccc21)S(C)(=O)=O. The highest BCUT2D eigenvalue weighted by molar-refractivity contribution is 7.88. The summed E-state index contributed by atoms with van der Waals surface area (Å²) in [5.74, 6) is -0.228. The Labute approximate surface area is 141 Å². The molecule has 1 aromatic heterocycles. The Bertz CT molecular complexity index is 840. The van der Waals surface area contributed by atoms with Gasteiger partial charge in [0.25, 0.3) is 0 Å². The van der Waals surface area contributed by atoms with Gasteiger partial charge in [0.2, 0.25) is 10.0 Å². The predicted molar refractivity (Wildman–Crippen MR) is 90.8 cm³/mol.